The third-order valence-corrected chi connectivity index (χ3v) is 3.10. The first-order chi connectivity index (χ1) is 10.3. The zero-order chi connectivity index (χ0) is 14.9. The molecule has 2 rings (SSSR count). The second kappa shape index (κ2) is 8.28. The summed E-state index contributed by atoms with van der Waals surface area (Å²) >= 11 is 5.16. The molecule has 0 saturated carbocycles. The van der Waals surface area contributed by atoms with Gasteiger partial charge in [-0.3, -0.25) is 0 Å². The van der Waals surface area contributed by atoms with Gasteiger partial charge in [0.15, 0.2) is 0 Å². The number of rotatable bonds is 7. The summed E-state index contributed by atoms with van der Waals surface area (Å²) in [7, 11) is 0. The van der Waals surface area contributed by atoms with Gasteiger partial charge >= 0.3 is 0 Å². The lowest BCUT2D eigenvalue weighted by Crippen LogP contribution is -2.20. The molecule has 0 radical (unpaired) electrons. The summed E-state index contributed by atoms with van der Waals surface area (Å²) in [6, 6.07) is 7.84. The number of thiocarbonyl (C=S) groups is 1. The van der Waals surface area contributed by atoms with Crippen molar-refractivity contribution < 1.29 is 4.74 Å². The summed E-state index contributed by atoms with van der Waals surface area (Å²) in [6.07, 6.45) is 5.83. The van der Waals surface area contributed by atoms with E-state index < -0.39 is 0 Å². The Morgan fingerprint density at radius 3 is 2.90 bits per heavy atom. The Labute approximate surface area is 129 Å². The number of aliphatic imine (C=N–C) groups is 1. The van der Waals surface area contributed by atoms with Crippen molar-refractivity contribution in [2.75, 3.05) is 13.2 Å². The van der Waals surface area contributed by atoms with Crippen molar-refractivity contribution in [2.45, 2.75) is 13.3 Å². The highest BCUT2D eigenvalue weighted by atomic mass is 32.1. The van der Waals surface area contributed by atoms with Crippen LogP contribution >= 0.6 is 12.2 Å². The summed E-state index contributed by atoms with van der Waals surface area (Å²) in [4.78, 5) is 12.2. The number of imidazole rings is 1. The molecule has 0 bridgehead atoms. The van der Waals surface area contributed by atoms with Crippen LogP contribution in [-0.2, 0) is 4.74 Å². The molecule has 0 saturated heterocycles. The van der Waals surface area contributed by atoms with Crippen molar-refractivity contribution in [1.82, 2.24) is 15.3 Å². The monoisotopic (exact) mass is 302 g/mol. The predicted octanol–water partition coefficient (Wildman–Crippen LogP) is 3.08. The van der Waals surface area contributed by atoms with Crippen LogP contribution < -0.4 is 5.32 Å². The first-order valence-electron chi connectivity index (χ1n) is 6.78. The van der Waals surface area contributed by atoms with Crippen molar-refractivity contribution >= 4 is 29.2 Å². The molecular formula is C15H18N4OS. The van der Waals surface area contributed by atoms with Gasteiger partial charge in [-0.05, 0) is 19.1 Å². The Hall–Kier alpha value is -2.05. The Morgan fingerprint density at radius 1 is 1.43 bits per heavy atom. The maximum absolute atomic E-state index is 5.24. The molecule has 0 amide bonds. The number of ether oxygens (including phenoxy) is 1. The van der Waals surface area contributed by atoms with E-state index in [-0.39, 0.29) is 0 Å². The highest BCUT2D eigenvalue weighted by molar-refractivity contribution is 7.80. The van der Waals surface area contributed by atoms with E-state index in [1.807, 2.05) is 37.4 Å². The van der Waals surface area contributed by atoms with E-state index in [9.17, 15) is 0 Å². The van der Waals surface area contributed by atoms with Crippen molar-refractivity contribution in [3.8, 4) is 11.3 Å². The molecule has 21 heavy (non-hydrogen) atoms. The van der Waals surface area contributed by atoms with Gasteiger partial charge in [0.25, 0.3) is 0 Å². The molecule has 0 aliphatic carbocycles. The van der Waals surface area contributed by atoms with E-state index in [2.05, 4.69) is 20.3 Å². The predicted molar refractivity (Wildman–Crippen MR) is 89.0 cm³/mol. The number of benzene rings is 1. The molecule has 1 aromatic carbocycles. The van der Waals surface area contributed by atoms with Crippen LogP contribution in [0.15, 0.2) is 41.8 Å². The summed E-state index contributed by atoms with van der Waals surface area (Å²) in [5, 5.41) is 2.97. The van der Waals surface area contributed by atoms with Crippen LogP contribution in [-0.4, -0.2) is 34.5 Å². The second-order valence-corrected chi connectivity index (χ2v) is 4.77. The summed E-state index contributed by atoms with van der Waals surface area (Å²) in [5.41, 5.74) is 2.82. The van der Waals surface area contributed by atoms with E-state index in [4.69, 9.17) is 17.0 Å². The first kappa shape index (κ1) is 15.3. The SMILES string of the molecule is CCOCCC(=S)NC=Nc1ccc(-c2c[nH]cn2)cc1. The largest absolute Gasteiger partial charge is 0.381 e. The summed E-state index contributed by atoms with van der Waals surface area (Å²) < 4.78 is 5.24. The van der Waals surface area contributed by atoms with Gasteiger partial charge in [-0.1, -0.05) is 24.4 Å². The number of H-pyrrole nitrogens is 1. The van der Waals surface area contributed by atoms with Crippen LogP contribution in [0.4, 0.5) is 5.69 Å². The second-order valence-electron chi connectivity index (χ2n) is 4.27. The number of aromatic amines is 1. The number of aromatic nitrogens is 2. The highest BCUT2D eigenvalue weighted by Crippen LogP contribution is 2.19. The van der Waals surface area contributed by atoms with E-state index in [0.717, 1.165) is 21.9 Å². The molecule has 2 aromatic rings. The molecule has 0 unspecified atom stereocenters. The van der Waals surface area contributed by atoms with Crippen molar-refractivity contribution in [1.29, 1.82) is 0 Å². The molecule has 6 heteroatoms. The van der Waals surface area contributed by atoms with Gasteiger partial charge in [-0.25, -0.2) is 9.98 Å². The fourth-order valence-corrected chi connectivity index (χ4v) is 1.83. The van der Waals surface area contributed by atoms with Gasteiger partial charge in [0.2, 0.25) is 0 Å². The maximum Gasteiger partial charge on any atom is 0.0934 e. The summed E-state index contributed by atoms with van der Waals surface area (Å²) in [5.74, 6) is 0. The molecule has 2 N–H and O–H groups in total. The average Bonchev–Trinajstić information content (AvgIpc) is 3.02. The van der Waals surface area contributed by atoms with Crippen LogP contribution in [0.5, 0.6) is 0 Å². The topological polar surface area (TPSA) is 62.3 Å². The smallest absolute Gasteiger partial charge is 0.0934 e. The third kappa shape index (κ3) is 5.09. The van der Waals surface area contributed by atoms with Gasteiger partial charge in [0.05, 0.1) is 35.6 Å². The quantitative estimate of drug-likeness (QED) is 0.357. The zero-order valence-corrected chi connectivity index (χ0v) is 12.7. The number of nitrogens with one attached hydrogen (secondary N) is 2. The lowest BCUT2D eigenvalue weighted by atomic mass is 10.1. The number of hydrogen-bond donors (Lipinski definition) is 2. The van der Waals surface area contributed by atoms with Gasteiger partial charge in [0.1, 0.15) is 0 Å². The molecule has 0 fully saturated rings. The summed E-state index contributed by atoms with van der Waals surface area (Å²) in [6.45, 7) is 3.30. The van der Waals surface area contributed by atoms with Gasteiger partial charge < -0.3 is 15.0 Å². The Bertz CT molecular complexity index is 578. The van der Waals surface area contributed by atoms with Crippen LogP contribution in [0.2, 0.25) is 0 Å². The zero-order valence-electron chi connectivity index (χ0n) is 11.9. The molecule has 110 valence electrons. The van der Waals surface area contributed by atoms with E-state index in [1.54, 1.807) is 12.7 Å². The standard InChI is InChI=1S/C15H18N4OS/c1-2-20-8-7-15(21)19-11-17-13-5-3-12(4-6-13)14-9-16-10-18-14/h3-6,9-11H,2,7-8H2,1H3,(H,16,18)(H,17,19,21). The molecule has 0 aliphatic rings. The molecule has 0 aliphatic heterocycles. The number of hydrogen-bond acceptors (Lipinski definition) is 4. The number of nitrogens with zero attached hydrogens (tertiary/aromatic N) is 2. The van der Waals surface area contributed by atoms with Crippen LogP contribution in [0, 0.1) is 0 Å². The minimum atomic E-state index is 0.633. The highest BCUT2D eigenvalue weighted by Gasteiger charge is 1.98. The average molecular weight is 302 g/mol. The minimum Gasteiger partial charge on any atom is -0.381 e. The minimum absolute atomic E-state index is 0.633. The molecule has 5 nitrogen and oxygen atoms in total. The Balaban J connectivity index is 1.83. The van der Waals surface area contributed by atoms with Crippen molar-refractivity contribution in [2.24, 2.45) is 4.99 Å². The van der Waals surface area contributed by atoms with Crippen molar-refractivity contribution in [3.05, 3.63) is 36.8 Å². The lowest BCUT2D eigenvalue weighted by Gasteiger charge is -2.03. The van der Waals surface area contributed by atoms with Gasteiger partial charge in [-0.15, -0.1) is 0 Å². The van der Waals surface area contributed by atoms with Crippen molar-refractivity contribution in [3.63, 3.8) is 0 Å². The first-order valence-corrected chi connectivity index (χ1v) is 7.19. The van der Waals surface area contributed by atoms with E-state index >= 15 is 0 Å². The fraction of sp³-hybridized carbons (Fsp3) is 0.267. The molecule has 0 spiro atoms. The normalized spacial score (nSPS) is 10.9. The molecular weight excluding hydrogens is 284 g/mol. The Morgan fingerprint density at radius 2 is 2.24 bits per heavy atom. The molecule has 1 aromatic heterocycles. The maximum atomic E-state index is 5.24. The van der Waals surface area contributed by atoms with Crippen LogP contribution in [0.3, 0.4) is 0 Å². The third-order valence-electron chi connectivity index (χ3n) is 2.78. The van der Waals surface area contributed by atoms with Crippen LogP contribution in [0.25, 0.3) is 11.3 Å². The molecule has 1 heterocycles. The Kier molecular flexibility index (Phi) is 6.05. The fourth-order valence-electron chi connectivity index (χ4n) is 1.70. The lowest BCUT2D eigenvalue weighted by molar-refractivity contribution is 0.155. The van der Waals surface area contributed by atoms with E-state index in [1.165, 1.54) is 0 Å². The van der Waals surface area contributed by atoms with Gasteiger partial charge in [0, 0.05) is 24.8 Å². The molecule has 0 atom stereocenters. The van der Waals surface area contributed by atoms with E-state index in [0.29, 0.717) is 19.6 Å². The van der Waals surface area contributed by atoms with Crippen LogP contribution in [0.1, 0.15) is 13.3 Å². The van der Waals surface area contributed by atoms with Gasteiger partial charge in [-0.2, -0.15) is 0 Å².